The first-order valence-corrected chi connectivity index (χ1v) is 9.01. The number of rotatable bonds is 5. The molecule has 1 saturated heterocycles. The summed E-state index contributed by atoms with van der Waals surface area (Å²) in [5.74, 6) is 0.745. The van der Waals surface area contributed by atoms with Crippen LogP contribution in [-0.2, 0) is 0 Å². The lowest BCUT2D eigenvalue weighted by atomic mass is 9.78. The molecule has 5 heteroatoms. The highest BCUT2D eigenvalue weighted by Crippen LogP contribution is 2.25. The van der Waals surface area contributed by atoms with Crippen LogP contribution in [0.4, 0.5) is 0 Å². The maximum atomic E-state index is 10.5. The number of aliphatic hydroxyl groups is 2. The summed E-state index contributed by atoms with van der Waals surface area (Å²) < 4.78 is 6.63. The number of piperidine rings is 1. The van der Waals surface area contributed by atoms with Gasteiger partial charge in [0.2, 0.25) is 0 Å². The summed E-state index contributed by atoms with van der Waals surface area (Å²) in [5.41, 5.74) is -0.148. The fourth-order valence-corrected chi connectivity index (χ4v) is 4.41. The Morgan fingerprint density at radius 1 is 1.22 bits per heavy atom. The van der Waals surface area contributed by atoms with Crippen LogP contribution in [0, 0.1) is 0 Å². The van der Waals surface area contributed by atoms with Crippen molar-refractivity contribution in [3.05, 3.63) is 28.7 Å². The number of ether oxygens (including phenoxy) is 1. The minimum Gasteiger partial charge on any atom is -0.489 e. The Kier molecular flexibility index (Phi) is 5.77. The zero-order chi connectivity index (χ0) is 17.3. The van der Waals surface area contributed by atoms with E-state index in [1.807, 2.05) is 24.3 Å². The second kappa shape index (κ2) is 7.09. The molecule has 0 aromatic heterocycles. The van der Waals surface area contributed by atoms with Crippen LogP contribution in [0.3, 0.4) is 0 Å². The summed E-state index contributed by atoms with van der Waals surface area (Å²) in [6.07, 6.45) is 0.691. The molecule has 130 valence electrons. The van der Waals surface area contributed by atoms with E-state index < -0.39 is 6.10 Å². The first-order chi connectivity index (χ1) is 10.6. The molecule has 0 radical (unpaired) electrons. The van der Waals surface area contributed by atoms with Crippen LogP contribution < -0.4 is 9.64 Å². The minimum atomic E-state index is -0.550. The number of halogens is 1. The van der Waals surface area contributed by atoms with Crippen molar-refractivity contribution in [1.29, 1.82) is 0 Å². The minimum absolute atomic E-state index is 0.0739. The van der Waals surface area contributed by atoms with Gasteiger partial charge in [0.05, 0.1) is 21.7 Å². The molecule has 0 saturated carbocycles. The Balaban J connectivity index is 1.98. The molecule has 1 atom stereocenters. The predicted octanol–water partition coefficient (Wildman–Crippen LogP) is 1.79. The number of benzene rings is 1. The van der Waals surface area contributed by atoms with Crippen LogP contribution >= 0.6 is 15.9 Å². The maximum absolute atomic E-state index is 10.5. The molecular formula is C18H29BrNO3+. The molecule has 1 fully saturated rings. The van der Waals surface area contributed by atoms with Gasteiger partial charge in [-0.2, -0.15) is 0 Å². The van der Waals surface area contributed by atoms with Gasteiger partial charge in [0, 0.05) is 12.8 Å². The Bertz CT molecular complexity index is 515. The smallest absolute Gasteiger partial charge is 0.137 e. The topological polar surface area (TPSA) is 54.1 Å². The Morgan fingerprint density at radius 2 is 1.78 bits per heavy atom. The third-order valence-electron chi connectivity index (χ3n) is 4.83. The van der Waals surface area contributed by atoms with Crippen molar-refractivity contribution in [3.8, 4) is 5.75 Å². The highest BCUT2D eigenvalue weighted by molar-refractivity contribution is 9.10. The normalized spacial score (nSPS) is 27.4. The van der Waals surface area contributed by atoms with Crippen LogP contribution in [0.5, 0.6) is 5.75 Å². The molecule has 4 nitrogen and oxygen atoms in total. The number of hydrogen-bond donors (Lipinski definition) is 3. The Morgan fingerprint density at radius 3 is 2.35 bits per heavy atom. The number of para-hydroxylation sites is 1. The van der Waals surface area contributed by atoms with Gasteiger partial charge in [-0.05, 0) is 55.8 Å². The molecule has 1 aromatic rings. The lowest BCUT2D eigenvalue weighted by Gasteiger charge is -2.51. The molecule has 3 N–H and O–H groups in total. The Labute approximate surface area is 147 Å². The van der Waals surface area contributed by atoms with Crippen molar-refractivity contribution < 1.29 is 19.8 Å². The van der Waals surface area contributed by atoms with E-state index in [1.54, 1.807) is 0 Å². The monoisotopic (exact) mass is 386 g/mol. The SMILES string of the molecule is CC1(C)CC(O)CC(C)(C)[NH+]1C[C@H](O)COc1ccccc1Br. The number of likely N-dealkylation sites (tertiary alicyclic amines) is 1. The molecule has 0 amide bonds. The number of quaternary nitrogens is 1. The van der Waals surface area contributed by atoms with Gasteiger partial charge in [-0.25, -0.2) is 0 Å². The van der Waals surface area contributed by atoms with Crippen molar-refractivity contribution in [2.24, 2.45) is 0 Å². The molecule has 0 aliphatic carbocycles. The molecule has 0 unspecified atom stereocenters. The summed E-state index contributed by atoms with van der Waals surface area (Å²) in [6, 6.07) is 7.65. The highest BCUT2D eigenvalue weighted by atomic mass is 79.9. The van der Waals surface area contributed by atoms with Gasteiger partial charge in [0.1, 0.15) is 25.0 Å². The fraction of sp³-hybridized carbons (Fsp3) is 0.667. The van der Waals surface area contributed by atoms with E-state index in [1.165, 1.54) is 4.90 Å². The van der Waals surface area contributed by atoms with Gasteiger partial charge in [-0.1, -0.05) is 12.1 Å². The zero-order valence-electron chi connectivity index (χ0n) is 14.5. The molecule has 1 heterocycles. The van der Waals surface area contributed by atoms with Crippen LogP contribution in [0.1, 0.15) is 40.5 Å². The molecule has 0 bridgehead atoms. The fourth-order valence-electron chi connectivity index (χ4n) is 4.01. The number of aliphatic hydroxyl groups excluding tert-OH is 2. The number of nitrogens with one attached hydrogen (secondary N) is 1. The number of hydrogen-bond acceptors (Lipinski definition) is 3. The summed E-state index contributed by atoms with van der Waals surface area (Å²) in [7, 11) is 0. The van der Waals surface area contributed by atoms with Gasteiger partial charge in [0.15, 0.2) is 0 Å². The standard InChI is InChI=1S/C18H28BrNO3/c1-17(2)9-13(21)10-18(3,4)20(17)11-14(22)12-23-16-8-6-5-7-15(16)19/h5-8,13-14,21-22H,9-12H2,1-4H3/p+1/t14-/m0/s1. The summed E-state index contributed by atoms with van der Waals surface area (Å²) in [6.45, 7) is 9.52. The van der Waals surface area contributed by atoms with Crippen molar-refractivity contribution >= 4 is 15.9 Å². The van der Waals surface area contributed by atoms with Gasteiger partial charge in [-0.15, -0.1) is 0 Å². The van der Waals surface area contributed by atoms with E-state index in [0.29, 0.717) is 6.54 Å². The highest BCUT2D eigenvalue weighted by Gasteiger charge is 2.49. The van der Waals surface area contributed by atoms with Crippen molar-refractivity contribution in [1.82, 2.24) is 0 Å². The molecule has 2 rings (SSSR count). The summed E-state index contributed by atoms with van der Waals surface area (Å²) in [5, 5.41) is 20.6. The lowest BCUT2D eigenvalue weighted by Crippen LogP contribution is -3.27. The first kappa shape index (κ1) is 18.7. The van der Waals surface area contributed by atoms with Crippen LogP contribution in [0.15, 0.2) is 28.7 Å². The average molecular weight is 387 g/mol. The van der Waals surface area contributed by atoms with Crippen molar-refractivity contribution in [3.63, 3.8) is 0 Å². The zero-order valence-corrected chi connectivity index (χ0v) is 16.1. The van der Waals surface area contributed by atoms with Gasteiger partial charge in [0.25, 0.3) is 0 Å². The van der Waals surface area contributed by atoms with Crippen LogP contribution in [0.2, 0.25) is 0 Å². The maximum Gasteiger partial charge on any atom is 0.137 e. The van der Waals surface area contributed by atoms with Crippen molar-refractivity contribution in [2.75, 3.05) is 13.2 Å². The molecular weight excluding hydrogens is 358 g/mol. The molecule has 23 heavy (non-hydrogen) atoms. The van der Waals surface area contributed by atoms with E-state index in [9.17, 15) is 10.2 Å². The molecule has 0 spiro atoms. The second-order valence-corrected chi connectivity index (χ2v) is 8.76. The average Bonchev–Trinajstić information content (AvgIpc) is 2.41. The third-order valence-corrected chi connectivity index (χ3v) is 5.49. The quantitative estimate of drug-likeness (QED) is 0.722. The van der Waals surface area contributed by atoms with Crippen LogP contribution in [-0.4, -0.2) is 46.7 Å². The van der Waals surface area contributed by atoms with E-state index in [2.05, 4.69) is 43.6 Å². The van der Waals surface area contributed by atoms with Crippen LogP contribution in [0.25, 0.3) is 0 Å². The summed E-state index contributed by atoms with van der Waals surface area (Å²) >= 11 is 3.45. The van der Waals surface area contributed by atoms with E-state index >= 15 is 0 Å². The van der Waals surface area contributed by atoms with Gasteiger partial charge >= 0.3 is 0 Å². The van der Waals surface area contributed by atoms with Gasteiger partial charge < -0.3 is 19.8 Å². The first-order valence-electron chi connectivity index (χ1n) is 8.22. The molecule has 1 aliphatic rings. The van der Waals surface area contributed by atoms with E-state index in [4.69, 9.17) is 4.74 Å². The van der Waals surface area contributed by atoms with Gasteiger partial charge in [-0.3, -0.25) is 0 Å². The van der Waals surface area contributed by atoms with Crippen molar-refractivity contribution in [2.45, 2.75) is 63.8 Å². The molecule has 1 aliphatic heterocycles. The van der Waals surface area contributed by atoms with E-state index in [-0.39, 0.29) is 23.8 Å². The second-order valence-electron chi connectivity index (χ2n) is 7.91. The predicted molar refractivity (Wildman–Crippen MR) is 94.9 cm³/mol. The molecule has 1 aromatic carbocycles. The third kappa shape index (κ3) is 4.69. The Hall–Kier alpha value is -0.620. The summed E-state index contributed by atoms with van der Waals surface area (Å²) in [4.78, 5) is 1.32. The van der Waals surface area contributed by atoms with E-state index in [0.717, 1.165) is 23.1 Å². The lowest BCUT2D eigenvalue weighted by molar-refractivity contribution is -1.00. The largest absolute Gasteiger partial charge is 0.489 e.